The third-order valence-electron chi connectivity index (χ3n) is 12.6. The molecule has 4 heteroatoms. The van der Waals surface area contributed by atoms with E-state index in [1.165, 1.54) is 76.6 Å². The van der Waals surface area contributed by atoms with Crippen molar-refractivity contribution in [2.75, 3.05) is 21.7 Å². The van der Waals surface area contributed by atoms with Crippen LogP contribution in [0.4, 0.5) is 45.5 Å². The van der Waals surface area contributed by atoms with Gasteiger partial charge in [-0.05, 0) is 117 Å². The summed E-state index contributed by atoms with van der Waals surface area (Å²) in [5.41, 5.74) is 14.1. The molecule has 4 nitrogen and oxygen atoms in total. The van der Waals surface area contributed by atoms with Gasteiger partial charge in [0.15, 0.2) is 0 Å². The lowest BCUT2D eigenvalue weighted by Gasteiger charge is -2.33. The molecule has 12 rings (SSSR count). The van der Waals surface area contributed by atoms with Crippen molar-refractivity contribution in [2.45, 2.75) is 0 Å². The zero-order valence-electron chi connectivity index (χ0n) is 33.4. The number of benzene rings is 10. The number of aryl methyl sites for hydroxylation is 1. The van der Waals surface area contributed by atoms with Crippen molar-refractivity contribution < 1.29 is 0 Å². The quantitative estimate of drug-likeness (QED) is 0.167. The number of nitrogens with zero attached hydrogens (tertiary/aromatic N) is 4. The molecule has 2 heterocycles. The molecule has 0 unspecified atom stereocenters. The standard InChI is InChI=1S/C56H40N4/c1-57-51-23-13-22-49-55-48-31-29-46(60(42-20-7-4-8-21-42)44-27-25-38-15-10-12-17-40(38)33-44)35-53(48)58(2)54(55)36-50(56(49)51)47-30-28-45(34-52(47)57)59(41-18-5-3-6-19-41)43-26-24-37-14-9-11-16-39(37)32-43/h3-36H,1-2H3. The van der Waals surface area contributed by atoms with Crippen LogP contribution in [0.15, 0.2) is 206 Å². The zero-order chi connectivity index (χ0) is 39.9. The second-order valence-corrected chi connectivity index (χ2v) is 15.9. The van der Waals surface area contributed by atoms with E-state index in [1.54, 1.807) is 0 Å². The Hall–Kier alpha value is -7.82. The Kier molecular flexibility index (Phi) is 7.63. The van der Waals surface area contributed by atoms with E-state index >= 15 is 0 Å². The summed E-state index contributed by atoms with van der Waals surface area (Å²) in [6, 6.07) is 75.3. The summed E-state index contributed by atoms with van der Waals surface area (Å²) < 4.78 is 2.39. The van der Waals surface area contributed by atoms with E-state index in [0.717, 1.165) is 34.1 Å². The van der Waals surface area contributed by atoms with Crippen LogP contribution < -0.4 is 14.7 Å². The monoisotopic (exact) mass is 768 g/mol. The van der Waals surface area contributed by atoms with Gasteiger partial charge in [-0.2, -0.15) is 0 Å². The molecule has 0 aliphatic carbocycles. The van der Waals surface area contributed by atoms with Crippen LogP contribution in [0.2, 0.25) is 0 Å². The fourth-order valence-corrected chi connectivity index (χ4v) is 9.74. The predicted octanol–water partition coefficient (Wildman–Crippen LogP) is 15.5. The smallest absolute Gasteiger partial charge is 0.0510 e. The molecule has 0 bridgehead atoms. The van der Waals surface area contributed by atoms with Gasteiger partial charge in [-0.15, -0.1) is 0 Å². The van der Waals surface area contributed by atoms with Gasteiger partial charge in [0.2, 0.25) is 0 Å². The van der Waals surface area contributed by atoms with Crippen molar-refractivity contribution in [3.05, 3.63) is 206 Å². The molecule has 0 radical (unpaired) electrons. The highest BCUT2D eigenvalue weighted by Crippen LogP contribution is 2.52. The number of hydrogen-bond acceptors (Lipinski definition) is 3. The minimum atomic E-state index is 1.12. The number of fused-ring (bicyclic) bond motifs is 8. The van der Waals surface area contributed by atoms with Gasteiger partial charge in [-0.25, -0.2) is 0 Å². The fourth-order valence-electron chi connectivity index (χ4n) is 9.74. The van der Waals surface area contributed by atoms with E-state index in [2.05, 4.69) is 240 Å². The molecule has 11 aromatic rings. The maximum Gasteiger partial charge on any atom is 0.0510 e. The summed E-state index contributed by atoms with van der Waals surface area (Å²) in [7, 11) is 4.44. The van der Waals surface area contributed by atoms with Crippen molar-refractivity contribution >= 4 is 99.6 Å². The van der Waals surface area contributed by atoms with Crippen LogP contribution in [0.1, 0.15) is 0 Å². The molecule has 0 saturated carbocycles. The van der Waals surface area contributed by atoms with Crippen LogP contribution in [0, 0.1) is 0 Å². The Morgan fingerprint density at radius 2 is 0.850 bits per heavy atom. The van der Waals surface area contributed by atoms with E-state index in [4.69, 9.17) is 0 Å². The van der Waals surface area contributed by atoms with Gasteiger partial charge in [-0.1, -0.05) is 121 Å². The molecular formula is C56H40N4. The van der Waals surface area contributed by atoms with Crippen LogP contribution in [0.5, 0.6) is 0 Å². The first-order valence-electron chi connectivity index (χ1n) is 20.6. The first kappa shape index (κ1) is 34.2. The molecule has 60 heavy (non-hydrogen) atoms. The second kappa shape index (κ2) is 13.4. The molecule has 0 saturated heterocycles. The topological polar surface area (TPSA) is 14.7 Å². The number of aromatic nitrogens is 1. The van der Waals surface area contributed by atoms with Gasteiger partial charge in [0.1, 0.15) is 0 Å². The molecule has 0 N–H and O–H groups in total. The minimum Gasteiger partial charge on any atom is -0.344 e. The molecule has 0 atom stereocenters. The van der Waals surface area contributed by atoms with Crippen LogP contribution in [0.3, 0.4) is 0 Å². The van der Waals surface area contributed by atoms with Gasteiger partial charge in [0, 0.05) is 75.6 Å². The first-order chi connectivity index (χ1) is 29.6. The average Bonchev–Trinajstić information content (AvgIpc) is 3.59. The molecule has 284 valence electrons. The molecule has 10 aromatic carbocycles. The summed E-state index contributed by atoms with van der Waals surface area (Å²) in [5, 5.41) is 10.0. The Morgan fingerprint density at radius 1 is 0.317 bits per heavy atom. The van der Waals surface area contributed by atoms with Gasteiger partial charge in [0.05, 0.1) is 16.7 Å². The number of para-hydroxylation sites is 2. The Morgan fingerprint density at radius 3 is 1.48 bits per heavy atom. The van der Waals surface area contributed by atoms with Crippen molar-refractivity contribution in [1.82, 2.24) is 4.57 Å². The zero-order valence-corrected chi connectivity index (χ0v) is 33.4. The Bertz CT molecular complexity index is 3480. The largest absolute Gasteiger partial charge is 0.344 e. The third-order valence-corrected chi connectivity index (χ3v) is 12.6. The summed E-state index contributed by atoms with van der Waals surface area (Å²) in [4.78, 5) is 7.13. The van der Waals surface area contributed by atoms with E-state index in [9.17, 15) is 0 Å². The molecule has 1 aliphatic heterocycles. The lowest BCUT2D eigenvalue weighted by atomic mass is 9.89. The van der Waals surface area contributed by atoms with E-state index in [1.807, 2.05) is 0 Å². The molecule has 1 aromatic heterocycles. The number of anilines is 8. The Balaban J connectivity index is 1.03. The maximum absolute atomic E-state index is 2.43. The highest BCUT2D eigenvalue weighted by atomic mass is 15.2. The van der Waals surface area contributed by atoms with Gasteiger partial charge in [-0.3, -0.25) is 0 Å². The van der Waals surface area contributed by atoms with Crippen molar-refractivity contribution in [3.8, 4) is 11.1 Å². The van der Waals surface area contributed by atoms with Crippen LogP contribution in [0.25, 0.3) is 65.3 Å². The van der Waals surface area contributed by atoms with Crippen molar-refractivity contribution in [2.24, 2.45) is 7.05 Å². The molecule has 0 fully saturated rings. The lowest BCUT2D eigenvalue weighted by Crippen LogP contribution is -2.16. The molecule has 0 amide bonds. The lowest BCUT2D eigenvalue weighted by molar-refractivity contribution is 1.01. The number of rotatable bonds is 6. The van der Waals surface area contributed by atoms with Crippen LogP contribution in [-0.4, -0.2) is 11.6 Å². The Labute approximate surface area is 349 Å². The maximum atomic E-state index is 2.43. The molecular weight excluding hydrogens is 729 g/mol. The molecule has 1 aliphatic rings. The summed E-state index contributed by atoms with van der Waals surface area (Å²) in [6.07, 6.45) is 0. The SMILES string of the molecule is CN1c2cc(N(c3ccccc3)c3ccc4ccccc4c3)ccc2-c2cc3c(c4cccc1c24)c1ccc(N(c2ccccc2)c2ccc4ccccc4c2)cc1n3C. The summed E-state index contributed by atoms with van der Waals surface area (Å²) in [6.45, 7) is 0. The van der Waals surface area contributed by atoms with Crippen molar-refractivity contribution in [1.29, 1.82) is 0 Å². The van der Waals surface area contributed by atoms with Gasteiger partial charge in [0.25, 0.3) is 0 Å². The number of hydrogen-bond donors (Lipinski definition) is 0. The van der Waals surface area contributed by atoms with E-state index < -0.39 is 0 Å². The average molecular weight is 769 g/mol. The second-order valence-electron chi connectivity index (χ2n) is 15.9. The predicted molar refractivity (Wildman–Crippen MR) is 256 cm³/mol. The van der Waals surface area contributed by atoms with Crippen LogP contribution >= 0.6 is 0 Å². The minimum absolute atomic E-state index is 1.12. The third kappa shape index (κ3) is 5.24. The summed E-state index contributed by atoms with van der Waals surface area (Å²) in [5.74, 6) is 0. The van der Waals surface area contributed by atoms with Crippen molar-refractivity contribution in [3.63, 3.8) is 0 Å². The fraction of sp³-hybridized carbons (Fsp3) is 0.0357. The van der Waals surface area contributed by atoms with Gasteiger partial charge < -0.3 is 19.3 Å². The first-order valence-corrected chi connectivity index (χ1v) is 20.6. The molecule has 0 spiro atoms. The normalized spacial score (nSPS) is 12.1. The summed E-state index contributed by atoms with van der Waals surface area (Å²) >= 11 is 0. The van der Waals surface area contributed by atoms with E-state index in [0.29, 0.717) is 0 Å². The van der Waals surface area contributed by atoms with Gasteiger partial charge >= 0.3 is 0 Å². The van der Waals surface area contributed by atoms with E-state index in [-0.39, 0.29) is 0 Å². The van der Waals surface area contributed by atoms with Crippen LogP contribution in [-0.2, 0) is 7.05 Å². The highest BCUT2D eigenvalue weighted by Gasteiger charge is 2.27. The highest BCUT2D eigenvalue weighted by molar-refractivity contribution is 6.28.